The van der Waals surface area contributed by atoms with Crippen LogP contribution < -0.4 is 85.6 Å². The molecule has 36 heteroatoms. The van der Waals surface area contributed by atoms with E-state index in [1.807, 2.05) is 43.3 Å². The summed E-state index contributed by atoms with van der Waals surface area (Å²) < 4.78 is 25.1. The standard InChI is InChI=1S/C23H22N2O6.C20H20N2O4.2C19H18N2O4.C4H6O3.C2H6O.Al.3ClH.Na.H2O/c1-5-25(16-10-7-6-8-11-16)23(29)20-21(31-15(3)27)19-17(24(4)22(20)28)12-9-13-18(19)30-14(2)26;1-4-22(13-9-6-5-7-10-13)20(25)17-18(23)16-14(21(2)19(17)24)11-8-12-15(16)26-3;2*1-3-21(12-8-5-4-6-9-12)19(25)16-17(23)15-13(20(2)18(16)24)10-7-11-14(15)22;1-3(5)7-4(2)6;1-2-3;;;;;;/h6-13H,5H2,1-4H3;5-12,23H,4H2,1-3H3;2*4-11,22-23H,3H2,1-2H3;1-2H3;3H,2H2,1H3;;3*1H;;1H2/q;;;;;;+3;;;;+1;/p-4. The van der Waals surface area contributed by atoms with Gasteiger partial charge in [-0.15, -0.1) is 0 Å². The average molecular weight is 1770 g/mol. The maximum absolute atomic E-state index is 13.5. The molecule has 0 aliphatic carbocycles. The van der Waals surface area contributed by atoms with E-state index in [2.05, 4.69) is 4.74 Å². The summed E-state index contributed by atoms with van der Waals surface area (Å²) in [6.07, 6.45) is 0. The quantitative estimate of drug-likeness (QED) is 0.0240. The smallest absolute Gasteiger partial charge is 0.870 e. The van der Waals surface area contributed by atoms with Crippen molar-refractivity contribution in [3.8, 4) is 46.0 Å². The minimum Gasteiger partial charge on any atom is -0.870 e. The van der Waals surface area contributed by atoms with Crippen molar-refractivity contribution in [3.63, 3.8) is 0 Å². The fourth-order valence-corrected chi connectivity index (χ4v) is 12.5. The van der Waals surface area contributed by atoms with E-state index in [-0.39, 0.29) is 115 Å². The Kier molecular flexibility index (Phi) is 40.5. The average Bonchev–Trinajstić information content (AvgIpc) is 0.772. The number of aromatic hydroxyl groups is 5. The Bertz CT molecular complexity index is 5860. The predicted molar refractivity (Wildman–Crippen MR) is 470 cm³/mol. The van der Waals surface area contributed by atoms with Crippen LogP contribution in [0.3, 0.4) is 0 Å². The molecule has 0 aliphatic rings. The first-order valence-corrected chi connectivity index (χ1v) is 42.4. The summed E-state index contributed by atoms with van der Waals surface area (Å²) in [5.41, 5.74) is 0.281. The first-order chi connectivity index (χ1) is 57.5. The Morgan fingerprint density at radius 3 is 0.862 bits per heavy atom. The molecule has 7 N–H and O–H groups in total. The van der Waals surface area contributed by atoms with Gasteiger partial charge >= 0.3 is 64.8 Å². The number of halogens is 3. The van der Waals surface area contributed by atoms with Gasteiger partial charge in [0.15, 0.2) is 5.75 Å². The summed E-state index contributed by atoms with van der Waals surface area (Å²) in [4.78, 5) is 153. The molecule has 4 heterocycles. The number of aromatic nitrogens is 4. The van der Waals surface area contributed by atoms with E-state index in [4.69, 9.17) is 49.5 Å². The van der Waals surface area contributed by atoms with Gasteiger partial charge in [0, 0.05) is 111 Å². The third kappa shape index (κ3) is 25.0. The van der Waals surface area contributed by atoms with Crippen molar-refractivity contribution in [2.24, 2.45) is 28.2 Å². The summed E-state index contributed by atoms with van der Waals surface area (Å²) >= 11 is -1.72. The van der Waals surface area contributed by atoms with Gasteiger partial charge in [0.05, 0.1) is 50.7 Å². The number of carbonyl (C=O) groups excluding carboxylic acids is 8. The first kappa shape index (κ1) is 103. The minimum atomic E-state index is -1.72. The SMILES string of the molecule is CC(=O)OC(C)=O.CCN(C(=O)c1c(O)c2c(O)cccc2n(C)c1=O)c1ccccc1.CCN(C(=O)c1c(O)c2c(O)cccc2n(C)c1=O)c1ccccc1.CCN(C(=O)c1c(O)c2c(OC)cccc2n(C)c1=O)c1ccccc1.CCN(C(=O)c1c(OC(C)=O)c2c(OC(C)=O)cccc2n(C)c1=O)c1ccccc1.CCO.[Cl][Al]([Cl])[Cl].[Na+].[OH-]. The zero-order valence-electron chi connectivity index (χ0n) is 70.0. The van der Waals surface area contributed by atoms with Gasteiger partial charge in [-0.05, 0) is 132 Å². The minimum absolute atomic E-state index is 0. The molecule has 0 bridgehead atoms. The maximum atomic E-state index is 13.5. The second kappa shape index (κ2) is 48.4. The van der Waals surface area contributed by atoms with Crippen molar-refractivity contribution in [1.82, 2.24) is 18.3 Å². The van der Waals surface area contributed by atoms with E-state index >= 15 is 0 Å². The maximum Gasteiger partial charge on any atom is 1.00 e. The number of aliphatic hydroxyl groups excluding tert-OH is 1. The summed E-state index contributed by atoms with van der Waals surface area (Å²) in [7, 11) is 22.4. The number of anilines is 4. The molecule has 31 nitrogen and oxygen atoms in total. The number of methoxy groups -OCH3 is 1. The molecule has 12 rings (SSSR count). The molecule has 123 heavy (non-hydrogen) atoms. The summed E-state index contributed by atoms with van der Waals surface area (Å²) in [5.74, 6) is -6.37. The van der Waals surface area contributed by atoms with E-state index in [1.165, 1.54) is 112 Å². The van der Waals surface area contributed by atoms with E-state index in [0.717, 1.165) is 0 Å². The van der Waals surface area contributed by atoms with Crippen molar-refractivity contribution in [2.45, 2.75) is 62.3 Å². The van der Waals surface area contributed by atoms with E-state index < -0.39 is 92.6 Å². The fourth-order valence-electron chi connectivity index (χ4n) is 12.5. The summed E-state index contributed by atoms with van der Waals surface area (Å²) in [6.45, 7) is 15.1. The second-order valence-electron chi connectivity index (χ2n) is 25.6. The van der Waals surface area contributed by atoms with Crippen LogP contribution in [-0.4, -0.2) is 153 Å². The van der Waals surface area contributed by atoms with Gasteiger partial charge < -0.3 is 92.9 Å². The van der Waals surface area contributed by atoms with Crippen LogP contribution in [0.25, 0.3) is 43.6 Å². The van der Waals surface area contributed by atoms with Crippen LogP contribution in [0.1, 0.15) is 104 Å². The topological polar surface area (TPSA) is 426 Å². The third-order valence-electron chi connectivity index (χ3n) is 17.8. The number of aryl methyl sites for hydroxylation is 4. The summed E-state index contributed by atoms with van der Waals surface area (Å²) in [6, 6.07) is 54.6. The number of phenolic OH excluding ortho intramolecular Hbond substituents is 2. The first-order valence-electron chi connectivity index (χ1n) is 37.2. The number of fused-ring (bicyclic) bond motifs is 4. The molecule has 0 saturated heterocycles. The molecule has 8 aromatic carbocycles. The van der Waals surface area contributed by atoms with Crippen LogP contribution >= 0.6 is 30.1 Å². The van der Waals surface area contributed by atoms with Crippen molar-refractivity contribution in [2.75, 3.05) is 59.5 Å². The number of aliphatic hydroxyl groups is 1. The molecule has 0 atom stereocenters. The zero-order chi connectivity index (χ0) is 90.0. The van der Waals surface area contributed by atoms with Crippen LogP contribution in [-0.2, 0) is 52.1 Å². The number of esters is 4. The Labute approximate surface area is 745 Å². The van der Waals surface area contributed by atoms with Crippen LogP contribution in [0.5, 0.6) is 46.0 Å². The van der Waals surface area contributed by atoms with Crippen LogP contribution in [0, 0.1) is 0 Å². The number of nitrogens with zero attached hydrogens (tertiary/aromatic N) is 8. The Balaban J connectivity index is 0.000000326. The molecular weight excluding hydrogens is 1680 g/mol. The van der Waals surface area contributed by atoms with Crippen molar-refractivity contribution in [1.29, 1.82) is 0 Å². The van der Waals surface area contributed by atoms with Crippen molar-refractivity contribution >= 4 is 155 Å². The zero-order valence-corrected chi connectivity index (χ0v) is 75.4. The second-order valence-corrected chi connectivity index (χ2v) is 32.0. The normalized spacial score (nSPS) is 10.1. The van der Waals surface area contributed by atoms with Gasteiger partial charge in [-0.3, -0.25) is 57.5 Å². The number of hydrogen-bond acceptors (Lipinski definition) is 23. The van der Waals surface area contributed by atoms with E-state index in [9.17, 15) is 83.1 Å². The molecular formula is C87H91AlCl3N8NaO23. The molecule has 0 fully saturated rings. The molecule has 0 saturated carbocycles. The van der Waals surface area contributed by atoms with Crippen LogP contribution in [0.4, 0.5) is 22.7 Å². The molecule has 642 valence electrons. The van der Waals surface area contributed by atoms with Crippen molar-refractivity contribution < 1.29 is 123 Å². The number of ether oxygens (including phenoxy) is 4. The fraction of sp³-hybridized carbons (Fsp3) is 0.218. The number of hydrogen-bond donors (Lipinski definition) is 6. The number of rotatable bonds is 15. The van der Waals surface area contributed by atoms with Crippen LogP contribution in [0.15, 0.2) is 213 Å². The Morgan fingerprint density at radius 2 is 0.602 bits per heavy atom. The molecule has 0 aliphatic heterocycles. The van der Waals surface area contributed by atoms with E-state index in [1.54, 1.807) is 174 Å². The van der Waals surface area contributed by atoms with Gasteiger partial charge in [0.25, 0.3) is 45.9 Å². The number of phenols is 2. The molecule has 0 spiro atoms. The third-order valence-corrected chi connectivity index (χ3v) is 17.8. The van der Waals surface area contributed by atoms with Crippen molar-refractivity contribution in [3.05, 3.63) is 258 Å². The van der Waals surface area contributed by atoms with E-state index in [0.29, 0.717) is 75.6 Å². The number of pyridine rings is 4. The number of para-hydroxylation sites is 4. The Hall–Kier alpha value is -12.3. The largest absolute Gasteiger partial charge is 1.00 e. The van der Waals surface area contributed by atoms with Gasteiger partial charge in [0.2, 0.25) is 0 Å². The number of amides is 4. The Morgan fingerprint density at radius 1 is 0.358 bits per heavy atom. The molecule has 0 radical (unpaired) electrons. The number of benzene rings is 8. The molecule has 12 aromatic rings. The monoisotopic (exact) mass is 1770 g/mol. The predicted octanol–water partition coefficient (Wildman–Crippen LogP) is 9.82. The van der Waals surface area contributed by atoms with Gasteiger partial charge in [-0.1, -0.05) is 97.1 Å². The molecule has 4 amide bonds. The van der Waals surface area contributed by atoms with Gasteiger partial charge in [-0.2, -0.15) is 0 Å². The summed E-state index contributed by atoms with van der Waals surface area (Å²) in [5, 5.41) is 60.4. The number of carbonyl (C=O) groups is 8. The molecule has 4 aromatic heterocycles. The molecule has 0 unspecified atom stereocenters. The van der Waals surface area contributed by atoms with Gasteiger partial charge in [0.1, 0.15) is 62.5 Å². The van der Waals surface area contributed by atoms with Crippen LogP contribution in [0.2, 0.25) is 0 Å². The van der Waals surface area contributed by atoms with Gasteiger partial charge in [-0.25, -0.2) is 30.1 Å².